The Morgan fingerprint density at radius 3 is 3.05 bits per heavy atom. The summed E-state index contributed by atoms with van der Waals surface area (Å²) >= 11 is 0. The molecule has 0 saturated carbocycles. The third kappa shape index (κ3) is 4.49. The molecule has 1 aromatic rings. The smallest absolute Gasteiger partial charge is 0.121 e. The average molecular weight is 264 g/mol. The Hall–Kier alpha value is -1.10. The summed E-state index contributed by atoms with van der Waals surface area (Å²) < 4.78 is 10.7. The van der Waals surface area contributed by atoms with E-state index in [0.717, 1.165) is 45.0 Å². The van der Waals surface area contributed by atoms with E-state index in [2.05, 4.69) is 29.7 Å². The molecule has 1 unspecified atom stereocenters. The molecule has 4 heteroatoms. The molecule has 1 aliphatic rings. The van der Waals surface area contributed by atoms with Gasteiger partial charge in [-0.2, -0.15) is 0 Å². The van der Waals surface area contributed by atoms with Crippen LogP contribution in [0.15, 0.2) is 18.2 Å². The van der Waals surface area contributed by atoms with Crippen molar-refractivity contribution in [3.05, 3.63) is 29.3 Å². The van der Waals surface area contributed by atoms with Gasteiger partial charge in [-0.3, -0.25) is 0 Å². The molecule has 2 rings (SSSR count). The van der Waals surface area contributed by atoms with Crippen molar-refractivity contribution in [1.82, 2.24) is 10.6 Å². The lowest BCUT2D eigenvalue weighted by molar-refractivity contribution is 0.0742. The molecule has 1 aromatic carbocycles. The molecular weight excluding hydrogens is 240 g/mol. The lowest BCUT2D eigenvalue weighted by Gasteiger charge is -2.23. The average Bonchev–Trinajstić information content (AvgIpc) is 2.45. The van der Waals surface area contributed by atoms with E-state index in [1.165, 1.54) is 11.1 Å². The molecular formula is C15H24N2O2. The number of hydrogen-bond donors (Lipinski definition) is 2. The van der Waals surface area contributed by atoms with Crippen LogP contribution in [0.4, 0.5) is 0 Å². The molecule has 0 amide bonds. The lowest BCUT2D eigenvalue weighted by atomic mass is 10.1. The number of benzene rings is 1. The Balaban J connectivity index is 1.69. The van der Waals surface area contributed by atoms with Gasteiger partial charge in [-0.25, -0.2) is 0 Å². The van der Waals surface area contributed by atoms with E-state index in [1.54, 1.807) is 7.11 Å². The minimum absolute atomic E-state index is 0.499. The van der Waals surface area contributed by atoms with Crippen LogP contribution in [0.3, 0.4) is 0 Å². The van der Waals surface area contributed by atoms with Crippen molar-refractivity contribution >= 4 is 0 Å². The first-order chi connectivity index (χ1) is 9.29. The zero-order valence-electron chi connectivity index (χ0n) is 11.9. The molecule has 0 aromatic heterocycles. The topological polar surface area (TPSA) is 42.5 Å². The molecule has 106 valence electrons. The van der Waals surface area contributed by atoms with Crippen molar-refractivity contribution < 1.29 is 9.47 Å². The van der Waals surface area contributed by atoms with Crippen molar-refractivity contribution in [2.24, 2.45) is 0 Å². The van der Waals surface area contributed by atoms with E-state index in [0.29, 0.717) is 6.04 Å². The summed E-state index contributed by atoms with van der Waals surface area (Å²) in [6.07, 6.45) is 1.11. The van der Waals surface area contributed by atoms with Crippen LogP contribution in [-0.2, 0) is 11.3 Å². The monoisotopic (exact) mass is 264 g/mol. The number of morpholine rings is 1. The van der Waals surface area contributed by atoms with Gasteiger partial charge in [-0.15, -0.1) is 0 Å². The summed E-state index contributed by atoms with van der Waals surface area (Å²) in [5.41, 5.74) is 2.48. The normalized spacial score (nSPS) is 19.4. The van der Waals surface area contributed by atoms with E-state index >= 15 is 0 Å². The minimum atomic E-state index is 0.499. The molecule has 0 spiro atoms. The van der Waals surface area contributed by atoms with Gasteiger partial charge in [0.1, 0.15) is 5.75 Å². The van der Waals surface area contributed by atoms with Crippen molar-refractivity contribution in [3.8, 4) is 5.75 Å². The highest BCUT2D eigenvalue weighted by atomic mass is 16.5. The van der Waals surface area contributed by atoms with E-state index in [4.69, 9.17) is 9.47 Å². The van der Waals surface area contributed by atoms with Crippen LogP contribution in [0, 0.1) is 6.92 Å². The molecule has 4 nitrogen and oxygen atoms in total. The summed E-state index contributed by atoms with van der Waals surface area (Å²) in [4.78, 5) is 0. The Labute approximate surface area is 115 Å². The second-order valence-electron chi connectivity index (χ2n) is 5.00. The number of aryl methyl sites for hydroxylation is 1. The number of ether oxygens (including phenoxy) is 2. The fourth-order valence-electron chi connectivity index (χ4n) is 2.36. The van der Waals surface area contributed by atoms with Gasteiger partial charge in [0.05, 0.1) is 20.3 Å². The fourth-order valence-corrected chi connectivity index (χ4v) is 2.36. The second-order valence-corrected chi connectivity index (χ2v) is 5.00. The third-order valence-corrected chi connectivity index (χ3v) is 3.46. The largest absolute Gasteiger partial charge is 0.496 e. The predicted octanol–water partition coefficient (Wildman–Crippen LogP) is 1.47. The summed E-state index contributed by atoms with van der Waals surface area (Å²) in [5, 5.41) is 6.94. The van der Waals surface area contributed by atoms with Crippen molar-refractivity contribution in [2.75, 3.05) is 33.4 Å². The van der Waals surface area contributed by atoms with Gasteiger partial charge >= 0.3 is 0 Å². The van der Waals surface area contributed by atoms with E-state index in [-0.39, 0.29) is 0 Å². The molecule has 19 heavy (non-hydrogen) atoms. The third-order valence-electron chi connectivity index (χ3n) is 3.46. The Kier molecular flexibility index (Phi) is 5.63. The quantitative estimate of drug-likeness (QED) is 0.764. The Morgan fingerprint density at radius 1 is 1.47 bits per heavy atom. The molecule has 1 aliphatic heterocycles. The highest BCUT2D eigenvalue weighted by Gasteiger charge is 2.11. The maximum atomic E-state index is 5.43. The minimum Gasteiger partial charge on any atom is -0.496 e. The molecule has 1 atom stereocenters. The molecule has 1 fully saturated rings. The predicted molar refractivity (Wildman–Crippen MR) is 76.7 cm³/mol. The maximum Gasteiger partial charge on any atom is 0.121 e. The SMILES string of the molecule is COc1ccc(CNCCC2COCCN2)cc1C. The second kappa shape index (κ2) is 7.48. The van der Waals surface area contributed by atoms with Crippen LogP contribution in [-0.4, -0.2) is 39.5 Å². The van der Waals surface area contributed by atoms with Gasteiger partial charge < -0.3 is 20.1 Å². The molecule has 0 radical (unpaired) electrons. The van der Waals surface area contributed by atoms with Gasteiger partial charge in [0.2, 0.25) is 0 Å². The number of nitrogens with one attached hydrogen (secondary N) is 2. The van der Waals surface area contributed by atoms with E-state index < -0.39 is 0 Å². The fraction of sp³-hybridized carbons (Fsp3) is 0.600. The molecule has 0 aliphatic carbocycles. The van der Waals surface area contributed by atoms with Crippen molar-refractivity contribution in [3.63, 3.8) is 0 Å². The van der Waals surface area contributed by atoms with Gasteiger partial charge in [-0.1, -0.05) is 12.1 Å². The number of rotatable bonds is 6. The molecule has 0 bridgehead atoms. The molecule has 2 N–H and O–H groups in total. The standard InChI is InChI=1S/C15H24N2O2/c1-12-9-13(3-4-15(12)18-2)10-16-6-5-14-11-19-8-7-17-14/h3-4,9,14,16-17H,5-8,10-11H2,1-2H3. The van der Waals surface area contributed by atoms with Crippen molar-refractivity contribution in [2.45, 2.75) is 25.9 Å². The lowest BCUT2D eigenvalue weighted by Crippen LogP contribution is -2.42. The first kappa shape index (κ1) is 14.3. The Bertz CT molecular complexity index is 390. The maximum absolute atomic E-state index is 5.43. The highest BCUT2D eigenvalue weighted by molar-refractivity contribution is 5.36. The van der Waals surface area contributed by atoms with Crippen LogP contribution in [0.25, 0.3) is 0 Å². The summed E-state index contributed by atoms with van der Waals surface area (Å²) in [7, 11) is 1.71. The summed E-state index contributed by atoms with van der Waals surface area (Å²) in [6, 6.07) is 6.82. The summed E-state index contributed by atoms with van der Waals surface area (Å²) in [5.74, 6) is 0.951. The van der Waals surface area contributed by atoms with E-state index in [1.807, 2.05) is 6.07 Å². The van der Waals surface area contributed by atoms with Gasteiger partial charge in [0, 0.05) is 19.1 Å². The highest BCUT2D eigenvalue weighted by Crippen LogP contribution is 2.18. The van der Waals surface area contributed by atoms with Crippen LogP contribution in [0.5, 0.6) is 5.75 Å². The van der Waals surface area contributed by atoms with Crippen molar-refractivity contribution in [1.29, 1.82) is 0 Å². The van der Waals surface area contributed by atoms with Crippen LogP contribution in [0.1, 0.15) is 17.5 Å². The van der Waals surface area contributed by atoms with Crippen LogP contribution in [0.2, 0.25) is 0 Å². The zero-order valence-corrected chi connectivity index (χ0v) is 11.9. The summed E-state index contributed by atoms with van der Waals surface area (Å²) in [6.45, 7) is 6.64. The first-order valence-electron chi connectivity index (χ1n) is 6.95. The number of hydrogen-bond acceptors (Lipinski definition) is 4. The first-order valence-corrected chi connectivity index (χ1v) is 6.95. The Morgan fingerprint density at radius 2 is 2.37 bits per heavy atom. The molecule has 1 heterocycles. The number of methoxy groups -OCH3 is 1. The van der Waals surface area contributed by atoms with Gasteiger partial charge in [0.15, 0.2) is 0 Å². The zero-order chi connectivity index (χ0) is 13.5. The molecule has 1 saturated heterocycles. The van der Waals surface area contributed by atoms with Gasteiger partial charge in [0.25, 0.3) is 0 Å². The van der Waals surface area contributed by atoms with Crippen LogP contribution < -0.4 is 15.4 Å². The van der Waals surface area contributed by atoms with Crippen LogP contribution >= 0.6 is 0 Å². The van der Waals surface area contributed by atoms with E-state index in [9.17, 15) is 0 Å². The van der Waals surface area contributed by atoms with Gasteiger partial charge in [-0.05, 0) is 37.1 Å².